The monoisotopic (exact) mass is 423 g/mol. The smallest absolute Gasteiger partial charge is 0.346 e. The Morgan fingerprint density at radius 2 is 1.77 bits per heavy atom. The maximum atomic E-state index is 5.93. The van der Waals surface area contributed by atoms with Crippen LogP contribution in [-0.2, 0) is 13.1 Å². The normalized spacial score (nSPS) is 10.3. The summed E-state index contributed by atoms with van der Waals surface area (Å²) in [5.74, 6) is 1.14. The van der Waals surface area contributed by atoms with Crippen molar-refractivity contribution in [1.82, 2.24) is 30.5 Å². The Bertz CT molecular complexity index is 1060. The Labute approximate surface area is 180 Å². The van der Waals surface area contributed by atoms with Gasteiger partial charge in [-0.3, -0.25) is 4.98 Å². The predicted molar refractivity (Wildman–Crippen MR) is 107 cm³/mol. The summed E-state index contributed by atoms with van der Waals surface area (Å²) in [4.78, 5) is 4.12. The molecule has 0 spiro atoms. The van der Waals surface area contributed by atoms with Gasteiger partial charge in [-0.25, -0.2) is 0 Å². The summed E-state index contributed by atoms with van der Waals surface area (Å²) >= 11 is 0. The molecule has 0 radical (unpaired) electrons. The summed E-state index contributed by atoms with van der Waals surface area (Å²) in [5, 5.41) is 15.1. The summed E-state index contributed by atoms with van der Waals surface area (Å²) < 4.78 is 13.0. The molecule has 1 N–H and O–H groups in total. The van der Waals surface area contributed by atoms with Crippen LogP contribution < -0.4 is 27.2 Å². The van der Waals surface area contributed by atoms with Gasteiger partial charge in [0.1, 0.15) is 0 Å². The number of rotatable bonds is 8. The number of benzene rings is 2. The summed E-state index contributed by atoms with van der Waals surface area (Å²) in [7, 11) is 1.61. The largest absolute Gasteiger partial charge is 1.00 e. The maximum absolute atomic E-state index is 5.93. The second-order valence-corrected chi connectivity index (χ2v) is 6.26. The van der Waals surface area contributed by atoms with Gasteiger partial charge in [0.15, 0.2) is 11.5 Å². The molecular formula is C21H20ClN6O2-. The number of ether oxygens (including phenoxy) is 2. The molecule has 154 valence electrons. The summed E-state index contributed by atoms with van der Waals surface area (Å²) in [6.45, 7) is 1.42. The molecule has 0 atom stereocenters. The van der Waals surface area contributed by atoms with E-state index < -0.39 is 0 Å². The van der Waals surface area contributed by atoms with Crippen LogP contribution in [0.15, 0.2) is 73.1 Å². The highest BCUT2D eigenvalue weighted by Gasteiger charge is 2.14. The van der Waals surface area contributed by atoms with Gasteiger partial charge in [-0.15, -0.1) is 0 Å². The molecular weight excluding hydrogens is 404 g/mol. The van der Waals surface area contributed by atoms with E-state index in [9.17, 15) is 0 Å². The SMILES string of the molecule is COc1cc(CNCc2cccnc2)ccc1Oc1nnnn1-c1ccccc1.[Cl-]. The molecule has 0 fully saturated rings. The molecule has 0 amide bonds. The molecule has 30 heavy (non-hydrogen) atoms. The van der Waals surface area contributed by atoms with Crippen molar-refractivity contribution in [2.24, 2.45) is 0 Å². The average Bonchev–Trinajstić information content (AvgIpc) is 3.24. The zero-order valence-corrected chi connectivity index (χ0v) is 17.0. The molecule has 9 heteroatoms. The van der Waals surface area contributed by atoms with Crippen LogP contribution in [0.25, 0.3) is 5.69 Å². The second kappa shape index (κ2) is 10.3. The highest BCUT2D eigenvalue weighted by Crippen LogP contribution is 2.32. The molecule has 0 saturated heterocycles. The Balaban J connectivity index is 0.00000256. The molecule has 4 rings (SSSR count). The number of nitrogens with one attached hydrogen (secondary N) is 1. The summed E-state index contributed by atoms with van der Waals surface area (Å²) in [6, 6.07) is 19.5. The van der Waals surface area contributed by atoms with Crippen molar-refractivity contribution < 1.29 is 21.9 Å². The van der Waals surface area contributed by atoms with Gasteiger partial charge in [-0.2, -0.15) is 4.68 Å². The van der Waals surface area contributed by atoms with Crippen LogP contribution in [-0.4, -0.2) is 32.3 Å². The van der Waals surface area contributed by atoms with Crippen molar-refractivity contribution in [3.05, 3.63) is 84.2 Å². The van der Waals surface area contributed by atoms with E-state index in [0.717, 1.165) is 23.4 Å². The lowest BCUT2D eigenvalue weighted by Gasteiger charge is -2.12. The molecule has 0 saturated carbocycles. The van der Waals surface area contributed by atoms with Gasteiger partial charge in [0, 0.05) is 25.5 Å². The third-order valence-corrected chi connectivity index (χ3v) is 4.25. The number of halogens is 1. The maximum Gasteiger partial charge on any atom is 0.346 e. The Morgan fingerprint density at radius 3 is 2.53 bits per heavy atom. The van der Waals surface area contributed by atoms with E-state index in [1.54, 1.807) is 13.3 Å². The lowest BCUT2D eigenvalue weighted by atomic mass is 10.2. The number of para-hydroxylation sites is 1. The van der Waals surface area contributed by atoms with Crippen LogP contribution in [0.2, 0.25) is 0 Å². The topological polar surface area (TPSA) is 87.0 Å². The predicted octanol–water partition coefficient (Wildman–Crippen LogP) is 0.152. The number of tetrazole rings is 1. The van der Waals surface area contributed by atoms with Gasteiger partial charge in [0.05, 0.1) is 12.8 Å². The van der Waals surface area contributed by atoms with E-state index in [-0.39, 0.29) is 18.4 Å². The minimum absolute atomic E-state index is 0. The van der Waals surface area contributed by atoms with Crippen LogP contribution in [0.5, 0.6) is 17.5 Å². The van der Waals surface area contributed by atoms with Crippen molar-refractivity contribution in [2.75, 3.05) is 7.11 Å². The summed E-state index contributed by atoms with van der Waals surface area (Å²) in [6.07, 6.45) is 3.61. The van der Waals surface area contributed by atoms with Gasteiger partial charge in [0.25, 0.3) is 0 Å². The number of hydrogen-bond acceptors (Lipinski definition) is 7. The number of hydrogen-bond donors (Lipinski definition) is 1. The number of aromatic nitrogens is 5. The van der Waals surface area contributed by atoms with Crippen LogP contribution in [0.3, 0.4) is 0 Å². The molecule has 0 aliphatic carbocycles. The second-order valence-electron chi connectivity index (χ2n) is 6.26. The standard InChI is InChI=1S/C21H20N6O2.ClH/c1-28-20-12-16(13-23-15-17-6-5-11-22-14-17)9-10-19(20)29-21-24-25-26-27(21)18-7-3-2-4-8-18;/h2-12,14,23H,13,15H2,1H3;1H/p-1. The zero-order chi connectivity index (χ0) is 19.9. The van der Waals surface area contributed by atoms with Gasteiger partial charge < -0.3 is 27.2 Å². The molecule has 2 aromatic carbocycles. The molecule has 0 bridgehead atoms. The van der Waals surface area contributed by atoms with E-state index in [1.165, 1.54) is 4.68 Å². The first-order valence-corrected chi connectivity index (χ1v) is 9.11. The van der Waals surface area contributed by atoms with E-state index in [0.29, 0.717) is 18.0 Å². The minimum atomic E-state index is 0. The number of methoxy groups -OCH3 is 1. The van der Waals surface area contributed by atoms with Crippen molar-refractivity contribution in [1.29, 1.82) is 0 Å². The minimum Gasteiger partial charge on any atom is -1.00 e. The molecule has 8 nitrogen and oxygen atoms in total. The van der Waals surface area contributed by atoms with Crippen molar-refractivity contribution >= 4 is 0 Å². The lowest BCUT2D eigenvalue weighted by Crippen LogP contribution is -3.00. The molecule has 0 unspecified atom stereocenters. The highest BCUT2D eigenvalue weighted by atomic mass is 35.5. The van der Waals surface area contributed by atoms with Gasteiger partial charge >= 0.3 is 6.01 Å². The molecule has 0 aliphatic rings. The van der Waals surface area contributed by atoms with Crippen LogP contribution >= 0.6 is 0 Å². The fourth-order valence-electron chi connectivity index (χ4n) is 2.83. The van der Waals surface area contributed by atoms with E-state index in [1.807, 2.05) is 66.9 Å². The van der Waals surface area contributed by atoms with Crippen molar-refractivity contribution in [3.63, 3.8) is 0 Å². The molecule has 2 aromatic heterocycles. The molecule has 2 heterocycles. The van der Waals surface area contributed by atoms with Crippen molar-refractivity contribution in [3.8, 4) is 23.2 Å². The fraction of sp³-hybridized carbons (Fsp3) is 0.143. The van der Waals surface area contributed by atoms with Crippen molar-refractivity contribution in [2.45, 2.75) is 13.1 Å². The Morgan fingerprint density at radius 1 is 0.933 bits per heavy atom. The van der Waals surface area contributed by atoms with E-state index >= 15 is 0 Å². The fourth-order valence-corrected chi connectivity index (χ4v) is 2.83. The first kappa shape index (κ1) is 21.2. The Kier molecular flexibility index (Phi) is 7.31. The van der Waals surface area contributed by atoms with E-state index in [2.05, 4.69) is 25.8 Å². The van der Waals surface area contributed by atoms with Crippen LogP contribution in [0.4, 0.5) is 0 Å². The number of pyridine rings is 1. The lowest BCUT2D eigenvalue weighted by molar-refractivity contribution is -0.00000687. The molecule has 0 aliphatic heterocycles. The number of nitrogens with zero attached hydrogens (tertiary/aromatic N) is 5. The van der Waals surface area contributed by atoms with Gasteiger partial charge in [0.2, 0.25) is 0 Å². The van der Waals surface area contributed by atoms with Gasteiger partial charge in [-0.1, -0.05) is 35.4 Å². The first-order valence-electron chi connectivity index (χ1n) is 9.11. The molecule has 4 aromatic rings. The highest BCUT2D eigenvalue weighted by molar-refractivity contribution is 5.44. The van der Waals surface area contributed by atoms with Crippen LogP contribution in [0.1, 0.15) is 11.1 Å². The van der Waals surface area contributed by atoms with Gasteiger partial charge in [-0.05, 0) is 51.9 Å². The Hall–Kier alpha value is -3.49. The van der Waals surface area contributed by atoms with Crippen LogP contribution in [0, 0.1) is 0 Å². The third kappa shape index (κ3) is 5.11. The zero-order valence-electron chi connectivity index (χ0n) is 16.3. The quantitative estimate of drug-likeness (QED) is 0.431. The summed E-state index contributed by atoms with van der Waals surface area (Å²) in [5.41, 5.74) is 3.01. The third-order valence-electron chi connectivity index (χ3n) is 4.25. The van der Waals surface area contributed by atoms with E-state index in [4.69, 9.17) is 9.47 Å². The average molecular weight is 424 g/mol. The first-order chi connectivity index (χ1) is 14.3.